The number of carbonyl (C=O) groups excluding carboxylic acids is 1. The Kier molecular flexibility index (Phi) is 4.61. The van der Waals surface area contributed by atoms with Crippen LogP contribution in [-0.2, 0) is 4.74 Å². The molecule has 1 saturated heterocycles. The molecule has 2 aromatic rings. The Morgan fingerprint density at radius 2 is 2.15 bits per heavy atom. The maximum absolute atomic E-state index is 12.5. The van der Waals surface area contributed by atoms with E-state index < -0.39 is 0 Å². The summed E-state index contributed by atoms with van der Waals surface area (Å²) in [4.78, 5) is 18.4. The number of anilines is 1. The maximum atomic E-state index is 12.5. The number of imidazole rings is 1. The van der Waals surface area contributed by atoms with Gasteiger partial charge in [-0.05, 0) is 50.7 Å². The van der Waals surface area contributed by atoms with Gasteiger partial charge < -0.3 is 15.0 Å². The Bertz CT molecular complexity index is 836. The molecule has 1 N–H and O–H groups in total. The zero-order valence-corrected chi connectivity index (χ0v) is 14.6. The van der Waals surface area contributed by atoms with E-state index in [9.17, 15) is 4.79 Å². The lowest BCUT2D eigenvalue weighted by atomic mass is 10.2. The number of fused-ring (bicyclic) bond motifs is 1. The van der Waals surface area contributed by atoms with Gasteiger partial charge in [-0.3, -0.25) is 0 Å². The third-order valence-corrected chi connectivity index (χ3v) is 5.18. The molecule has 1 amide bonds. The van der Waals surface area contributed by atoms with Crippen molar-refractivity contribution >= 4 is 17.6 Å². The molecular weight excluding hydrogens is 332 g/mol. The van der Waals surface area contributed by atoms with E-state index in [0.29, 0.717) is 23.7 Å². The first kappa shape index (κ1) is 16.6. The molecule has 0 aromatic carbocycles. The largest absolute Gasteiger partial charge is 0.446 e. The van der Waals surface area contributed by atoms with E-state index in [0.717, 1.165) is 45.1 Å². The molecule has 0 radical (unpaired) electrons. The van der Waals surface area contributed by atoms with E-state index in [1.165, 1.54) is 10.7 Å². The Morgan fingerprint density at radius 1 is 1.31 bits per heavy atom. The van der Waals surface area contributed by atoms with Crippen LogP contribution >= 0.6 is 0 Å². The van der Waals surface area contributed by atoms with Gasteiger partial charge in [0.15, 0.2) is 11.3 Å². The number of nitrogens with zero attached hydrogens (tertiary/aromatic N) is 5. The van der Waals surface area contributed by atoms with Crippen LogP contribution in [0.1, 0.15) is 44.2 Å². The molecule has 1 aliphatic heterocycles. The fraction of sp³-hybridized carbons (Fsp3) is 0.556. The third kappa shape index (κ3) is 3.29. The number of amides is 1. The molecule has 0 bridgehead atoms. The summed E-state index contributed by atoms with van der Waals surface area (Å²) in [5.74, 6) is 0.656. The van der Waals surface area contributed by atoms with E-state index >= 15 is 0 Å². The fourth-order valence-electron chi connectivity index (χ4n) is 3.77. The number of carbonyl (C=O) groups is 1. The summed E-state index contributed by atoms with van der Waals surface area (Å²) in [7, 11) is 0. The van der Waals surface area contributed by atoms with Crippen LogP contribution < -0.4 is 5.32 Å². The number of hydrogen-bond acceptors (Lipinski definition) is 6. The minimum atomic E-state index is -0.189. The summed E-state index contributed by atoms with van der Waals surface area (Å²) in [6.45, 7) is 1.35. The average molecular weight is 354 g/mol. The topological polar surface area (TPSA) is 95.6 Å². The van der Waals surface area contributed by atoms with Crippen molar-refractivity contribution in [2.45, 2.75) is 50.7 Å². The van der Waals surface area contributed by atoms with Crippen molar-refractivity contribution in [2.75, 3.05) is 18.4 Å². The smallest absolute Gasteiger partial charge is 0.410 e. The lowest BCUT2D eigenvalue weighted by molar-refractivity contribution is 0.0633. The number of rotatable bonds is 4. The van der Waals surface area contributed by atoms with Gasteiger partial charge in [-0.25, -0.2) is 14.3 Å². The molecular formula is C18H22N6O2. The second kappa shape index (κ2) is 7.20. The van der Waals surface area contributed by atoms with Gasteiger partial charge in [-0.1, -0.05) is 0 Å². The van der Waals surface area contributed by atoms with Crippen LogP contribution in [-0.4, -0.2) is 50.8 Å². The number of likely N-dealkylation sites (tertiary alicyclic amines) is 1. The van der Waals surface area contributed by atoms with Crippen LogP contribution in [0.2, 0.25) is 0 Å². The van der Waals surface area contributed by atoms with Gasteiger partial charge in [-0.15, -0.1) is 5.10 Å². The molecule has 0 unspecified atom stereocenters. The normalized spacial score (nSPS) is 20.4. The fourth-order valence-corrected chi connectivity index (χ4v) is 3.77. The van der Waals surface area contributed by atoms with Crippen LogP contribution in [0.3, 0.4) is 0 Å². The first-order valence-electron chi connectivity index (χ1n) is 9.20. The van der Waals surface area contributed by atoms with E-state index in [4.69, 9.17) is 10.00 Å². The highest BCUT2D eigenvalue weighted by Gasteiger charge is 2.31. The van der Waals surface area contributed by atoms with Crippen molar-refractivity contribution in [1.29, 1.82) is 5.26 Å². The van der Waals surface area contributed by atoms with E-state index in [2.05, 4.69) is 21.5 Å². The van der Waals surface area contributed by atoms with Crippen molar-refractivity contribution in [3.05, 3.63) is 24.0 Å². The second-order valence-electron chi connectivity index (χ2n) is 6.90. The van der Waals surface area contributed by atoms with Crippen LogP contribution in [0.4, 0.5) is 10.6 Å². The minimum absolute atomic E-state index is 0.0893. The van der Waals surface area contributed by atoms with Gasteiger partial charge in [0.2, 0.25) is 0 Å². The Balaban J connectivity index is 1.38. The van der Waals surface area contributed by atoms with Crippen LogP contribution in [0, 0.1) is 11.3 Å². The Labute approximate surface area is 151 Å². The van der Waals surface area contributed by atoms with Crippen molar-refractivity contribution in [3.63, 3.8) is 0 Å². The van der Waals surface area contributed by atoms with Gasteiger partial charge in [0.1, 0.15) is 18.0 Å². The summed E-state index contributed by atoms with van der Waals surface area (Å²) < 4.78 is 7.17. The highest BCUT2D eigenvalue weighted by atomic mass is 16.6. The molecule has 4 rings (SSSR count). The molecule has 0 spiro atoms. The lowest BCUT2D eigenvalue weighted by Gasteiger charge is -2.26. The number of hydrogen-bond donors (Lipinski definition) is 1. The second-order valence-corrected chi connectivity index (χ2v) is 6.90. The monoisotopic (exact) mass is 354 g/mol. The zero-order chi connectivity index (χ0) is 17.9. The average Bonchev–Trinajstić information content (AvgIpc) is 3.39. The molecule has 3 heterocycles. The van der Waals surface area contributed by atoms with Crippen molar-refractivity contribution in [1.82, 2.24) is 19.5 Å². The predicted octanol–water partition coefficient (Wildman–Crippen LogP) is 2.56. The van der Waals surface area contributed by atoms with Gasteiger partial charge in [0.25, 0.3) is 0 Å². The van der Waals surface area contributed by atoms with Crippen LogP contribution in [0.15, 0.2) is 18.3 Å². The molecule has 2 aromatic heterocycles. The summed E-state index contributed by atoms with van der Waals surface area (Å²) in [5, 5.41) is 16.8. The summed E-state index contributed by atoms with van der Waals surface area (Å²) in [6, 6.07) is 5.82. The number of nitriles is 1. The lowest BCUT2D eigenvalue weighted by Crippen LogP contribution is -2.41. The molecule has 26 heavy (non-hydrogen) atoms. The molecule has 2 fully saturated rings. The van der Waals surface area contributed by atoms with Gasteiger partial charge >= 0.3 is 6.09 Å². The number of ether oxygens (including phenoxy) is 1. The predicted molar refractivity (Wildman–Crippen MR) is 94.7 cm³/mol. The highest BCUT2D eigenvalue weighted by molar-refractivity contribution is 5.68. The van der Waals surface area contributed by atoms with Gasteiger partial charge in [-0.2, -0.15) is 5.26 Å². The van der Waals surface area contributed by atoms with E-state index in [-0.39, 0.29) is 18.2 Å². The van der Waals surface area contributed by atoms with E-state index in [1.54, 1.807) is 0 Å². The molecule has 1 atom stereocenters. The van der Waals surface area contributed by atoms with Gasteiger partial charge in [0, 0.05) is 13.1 Å². The summed E-state index contributed by atoms with van der Waals surface area (Å²) in [5.41, 5.74) is 1.03. The van der Waals surface area contributed by atoms with Gasteiger partial charge in [0.05, 0.1) is 12.2 Å². The van der Waals surface area contributed by atoms with Crippen molar-refractivity contribution in [2.24, 2.45) is 0 Å². The molecule has 1 aliphatic carbocycles. The van der Waals surface area contributed by atoms with Crippen molar-refractivity contribution < 1.29 is 9.53 Å². The maximum Gasteiger partial charge on any atom is 0.410 e. The quantitative estimate of drug-likeness (QED) is 0.906. The first-order chi connectivity index (χ1) is 12.7. The molecule has 2 aliphatic rings. The third-order valence-electron chi connectivity index (χ3n) is 5.18. The zero-order valence-electron chi connectivity index (χ0n) is 14.6. The van der Waals surface area contributed by atoms with Crippen LogP contribution in [0.25, 0.3) is 5.65 Å². The number of nitrogens with one attached hydrogen (secondary N) is 1. The van der Waals surface area contributed by atoms with E-state index in [1.807, 2.05) is 17.0 Å². The van der Waals surface area contributed by atoms with Crippen molar-refractivity contribution in [3.8, 4) is 6.07 Å². The van der Waals surface area contributed by atoms with Crippen LogP contribution in [0.5, 0.6) is 0 Å². The number of aromatic nitrogens is 3. The SMILES string of the molecule is N#Cc1cnc2ccc(NC[C@@H]3CCCN3C(=O)OC3CCCC3)nn12. The summed E-state index contributed by atoms with van der Waals surface area (Å²) in [6.07, 6.45) is 7.60. The molecule has 136 valence electrons. The first-order valence-corrected chi connectivity index (χ1v) is 9.20. The molecule has 1 saturated carbocycles. The Hall–Kier alpha value is -2.82. The minimum Gasteiger partial charge on any atom is -0.446 e. The summed E-state index contributed by atoms with van der Waals surface area (Å²) >= 11 is 0. The molecule has 8 heteroatoms. The molecule has 8 nitrogen and oxygen atoms in total. The highest BCUT2D eigenvalue weighted by Crippen LogP contribution is 2.24. The standard InChI is InChI=1S/C18H22N6O2/c19-10-14-12-21-17-8-7-16(22-24(14)17)20-11-13-4-3-9-23(13)18(25)26-15-5-1-2-6-15/h7-8,12-13,15H,1-6,9,11H2,(H,20,22)/t13-/m0/s1. The Morgan fingerprint density at radius 3 is 2.96 bits per heavy atom.